The Morgan fingerprint density at radius 1 is 1.00 bits per heavy atom. The van der Waals surface area contributed by atoms with E-state index in [1.54, 1.807) is 7.11 Å². The molecular formula is C33H49NO3. The largest absolute Gasteiger partial charge is 0.385 e. The molecule has 0 N–H and O–H groups in total. The summed E-state index contributed by atoms with van der Waals surface area (Å²) < 4.78 is 5.37. The van der Waals surface area contributed by atoms with Crippen LogP contribution in [-0.4, -0.2) is 25.3 Å². The summed E-state index contributed by atoms with van der Waals surface area (Å²) in [6.07, 6.45) is 14.9. The van der Waals surface area contributed by atoms with Crippen molar-refractivity contribution in [2.75, 3.05) is 13.7 Å². The third kappa shape index (κ3) is 4.69. The van der Waals surface area contributed by atoms with Crippen molar-refractivity contribution in [1.82, 2.24) is 0 Å². The lowest BCUT2D eigenvalue weighted by Gasteiger charge is -2.63. The molecule has 0 aromatic carbocycles. The first kappa shape index (κ1) is 28.3. The fraction of sp³-hybridized carbons (Fsp3) is 0.788. The summed E-state index contributed by atoms with van der Waals surface area (Å²) in [5, 5.41) is 9.79. The Bertz CT molecular complexity index is 1030. The zero-order valence-corrected chi connectivity index (χ0v) is 24.4. The number of Topliss-reactive ketones (excluding diaryl/α,β-unsaturated/α-hetero) is 1. The van der Waals surface area contributed by atoms with Gasteiger partial charge < -0.3 is 4.74 Å². The van der Waals surface area contributed by atoms with Crippen LogP contribution in [0.2, 0.25) is 0 Å². The predicted octanol–water partition coefficient (Wildman–Crippen LogP) is 7.63. The van der Waals surface area contributed by atoms with Gasteiger partial charge in [-0.15, -0.1) is 0 Å². The molecule has 37 heavy (non-hydrogen) atoms. The number of rotatable bonds is 4. The lowest BCUT2D eigenvalue weighted by Crippen LogP contribution is -2.58. The van der Waals surface area contributed by atoms with Crippen LogP contribution in [0, 0.1) is 56.7 Å². The summed E-state index contributed by atoms with van der Waals surface area (Å²) in [4.78, 5) is 27.0. The van der Waals surface area contributed by atoms with Crippen molar-refractivity contribution in [2.45, 2.75) is 106 Å². The molecule has 0 saturated heterocycles. The minimum absolute atomic E-state index is 0.0276. The summed E-state index contributed by atoms with van der Waals surface area (Å²) in [5.74, 6) is 0.888. The number of hydrogen-bond donors (Lipinski definition) is 0. The molecule has 2 fully saturated rings. The van der Waals surface area contributed by atoms with Crippen LogP contribution in [0.4, 0.5) is 0 Å². The minimum Gasteiger partial charge on any atom is -0.385 e. The fourth-order valence-electron chi connectivity index (χ4n) is 8.98. The molecular weight excluding hydrogens is 458 g/mol. The van der Waals surface area contributed by atoms with Gasteiger partial charge in [-0.25, -0.2) is 0 Å². The molecule has 0 heterocycles. The van der Waals surface area contributed by atoms with E-state index in [0.717, 1.165) is 51.6 Å². The number of nitriles is 1. The van der Waals surface area contributed by atoms with Crippen LogP contribution >= 0.6 is 0 Å². The van der Waals surface area contributed by atoms with Gasteiger partial charge in [-0.1, -0.05) is 53.2 Å². The van der Waals surface area contributed by atoms with E-state index in [0.29, 0.717) is 5.92 Å². The molecule has 4 rings (SSSR count). The van der Waals surface area contributed by atoms with E-state index in [4.69, 9.17) is 4.74 Å². The van der Waals surface area contributed by atoms with Crippen LogP contribution in [0.15, 0.2) is 23.3 Å². The molecule has 0 aromatic heterocycles. The number of ketones is 2. The monoisotopic (exact) mass is 507 g/mol. The minimum atomic E-state index is -0.429. The van der Waals surface area contributed by atoms with E-state index in [1.165, 1.54) is 24.8 Å². The highest BCUT2D eigenvalue weighted by Crippen LogP contribution is 2.69. The molecule has 0 bridgehead atoms. The van der Waals surface area contributed by atoms with Gasteiger partial charge in [-0.2, -0.15) is 5.26 Å². The number of allylic oxidation sites excluding steroid dienone is 4. The zero-order chi connectivity index (χ0) is 27.2. The van der Waals surface area contributed by atoms with E-state index < -0.39 is 5.41 Å². The second kappa shape index (κ2) is 10.1. The molecule has 4 heteroatoms. The molecule has 2 saturated carbocycles. The molecule has 0 amide bonds. The first-order chi connectivity index (χ1) is 17.3. The second-order valence-corrected chi connectivity index (χ2v) is 14.3. The van der Waals surface area contributed by atoms with E-state index in [2.05, 4.69) is 40.7 Å². The smallest absolute Gasteiger partial charge is 0.176 e. The van der Waals surface area contributed by atoms with Crippen molar-refractivity contribution < 1.29 is 14.3 Å². The quantitative estimate of drug-likeness (QED) is 0.367. The zero-order valence-electron chi connectivity index (χ0n) is 24.4. The standard InChI is InChI=1S/C33H49NO3/c1-22-25-13-17-33(6)28(31(25,4)20-24(21-34)29(22)36)19-27(35)26-12-15-30(2,3)14-10-23(9-8-18-37-7)11-16-32(26,33)5/h19-20,22-23,25-26H,8-18H2,1-7H3/t22-,23-,25-,26?,31-,32+,33+/m0/s1. The average Bonchev–Trinajstić information content (AvgIpc) is 2.84. The SMILES string of the molecule is COCCC[C@H]1CCC(C)(C)CCC2C(=O)C=C3[C@@]4(C)C=C(C#N)C(=O)[C@@H](C)[C@@H]4CC[C@@]3(C)[C@]2(C)CC1. The molecule has 0 spiro atoms. The average molecular weight is 508 g/mol. The number of hydrogen-bond acceptors (Lipinski definition) is 4. The number of ether oxygens (including phenoxy) is 1. The van der Waals surface area contributed by atoms with Gasteiger partial charge in [0.15, 0.2) is 11.6 Å². The van der Waals surface area contributed by atoms with Crippen LogP contribution in [-0.2, 0) is 14.3 Å². The van der Waals surface area contributed by atoms with E-state index >= 15 is 0 Å². The van der Waals surface area contributed by atoms with Crippen molar-refractivity contribution in [3.8, 4) is 6.07 Å². The van der Waals surface area contributed by atoms with Gasteiger partial charge >= 0.3 is 0 Å². The van der Waals surface area contributed by atoms with Crippen LogP contribution in [0.25, 0.3) is 0 Å². The van der Waals surface area contributed by atoms with Gasteiger partial charge in [-0.05, 0) is 98.4 Å². The van der Waals surface area contributed by atoms with Gasteiger partial charge in [0.1, 0.15) is 6.07 Å². The van der Waals surface area contributed by atoms with Crippen LogP contribution in [0.3, 0.4) is 0 Å². The van der Waals surface area contributed by atoms with Crippen LogP contribution in [0.1, 0.15) is 106 Å². The fourth-order valence-corrected chi connectivity index (χ4v) is 8.98. The highest BCUT2D eigenvalue weighted by molar-refractivity contribution is 6.02. The molecule has 0 aromatic rings. The summed E-state index contributed by atoms with van der Waals surface area (Å²) in [6.45, 7) is 14.6. The Balaban J connectivity index is 1.79. The lowest BCUT2D eigenvalue weighted by molar-refractivity contribution is -0.135. The van der Waals surface area contributed by atoms with Crippen LogP contribution in [0.5, 0.6) is 0 Å². The maximum atomic E-state index is 14.1. The Morgan fingerprint density at radius 3 is 2.35 bits per heavy atom. The molecule has 4 nitrogen and oxygen atoms in total. The maximum absolute atomic E-state index is 14.1. The number of fused-ring (bicyclic) bond motifs is 5. The number of nitrogens with zero attached hydrogens (tertiary/aromatic N) is 1. The Hall–Kier alpha value is -1.73. The van der Waals surface area contributed by atoms with Gasteiger partial charge in [0.25, 0.3) is 0 Å². The number of carbonyl (C=O) groups excluding carboxylic acids is 2. The molecule has 4 aliphatic carbocycles. The predicted molar refractivity (Wildman–Crippen MR) is 148 cm³/mol. The first-order valence-corrected chi connectivity index (χ1v) is 14.8. The van der Waals surface area contributed by atoms with Crippen molar-refractivity contribution in [3.63, 3.8) is 0 Å². The van der Waals surface area contributed by atoms with Crippen LogP contribution < -0.4 is 0 Å². The third-order valence-electron chi connectivity index (χ3n) is 11.8. The lowest BCUT2D eigenvalue weighted by atomic mass is 9.39. The van der Waals surface area contributed by atoms with Crippen molar-refractivity contribution in [1.29, 1.82) is 5.26 Å². The summed E-state index contributed by atoms with van der Waals surface area (Å²) in [5.41, 5.74) is 1.01. The second-order valence-electron chi connectivity index (χ2n) is 14.3. The Kier molecular flexibility index (Phi) is 7.72. The highest BCUT2D eigenvalue weighted by atomic mass is 16.5. The van der Waals surface area contributed by atoms with E-state index in [-0.39, 0.29) is 51.1 Å². The van der Waals surface area contributed by atoms with Crippen molar-refractivity contribution in [3.05, 3.63) is 23.3 Å². The maximum Gasteiger partial charge on any atom is 0.176 e. The Labute approximate surface area is 225 Å². The van der Waals surface area contributed by atoms with Gasteiger partial charge in [-0.3, -0.25) is 9.59 Å². The molecule has 1 unspecified atom stereocenters. The van der Waals surface area contributed by atoms with Gasteiger partial charge in [0.2, 0.25) is 0 Å². The molecule has 4 aliphatic rings. The van der Waals surface area contributed by atoms with E-state index in [1.807, 2.05) is 19.1 Å². The topological polar surface area (TPSA) is 67.2 Å². The highest BCUT2D eigenvalue weighted by Gasteiger charge is 2.63. The number of methoxy groups -OCH3 is 1. The Morgan fingerprint density at radius 2 is 1.68 bits per heavy atom. The summed E-state index contributed by atoms with van der Waals surface area (Å²) in [6, 6.07) is 2.19. The van der Waals surface area contributed by atoms with Gasteiger partial charge in [0, 0.05) is 31.0 Å². The molecule has 0 radical (unpaired) electrons. The van der Waals surface area contributed by atoms with E-state index in [9.17, 15) is 14.9 Å². The summed E-state index contributed by atoms with van der Waals surface area (Å²) in [7, 11) is 1.78. The molecule has 7 atom stereocenters. The first-order valence-electron chi connectivity index (χ1n) is 14.8. The number of carbonyl (C=O) groups is 2. The molecule has 0 aliphatic heterocycles. The normalized spacial score (nSPS) is 41.9. The summed E-state index contributed by atoms with van der Waals surface area (Å²) >= 11 is 0. The third-order valence-corrected chi connectivity index (χ3v) is 11.8. The van der Waals surface area contributed by atoms with Crippen molar-refractivity contribution in [2.24, 2.45) is 45.3 Å². The van der Waals surface area contributed by atoms with Crippen molar-refractivity contribution >= 4 is 11.6 Å². The van der Waals surface area contributed by atoms with Gasteiger partial charge in [0.05, 0.1) is 5.57 Å². The molecule has 204 valence electrons.